The molecule has 2 amide bonds. The van der Waals surface area contributed by atoms with Crippen LogP contribution in [0.1, 0.15) is 52.7 Å². The molecule has 4 aromatic rings. The number of alkyl halides is 3. The minimum absolute atomic E-state index is 0.0876. The highest BCUT2D eigenvalue weighted by molar-refractivity contribution is 6.05. The predicted molar refractivity (Wildman–Crippen MR) is 147 cm³/mol. The zero-order valence-corrected chi connectivity index (χ0v) is 21.8. The molecule has 1 aromatic heterocycles. The number of amides is 2. The highest BCUT2D eigenvalue weighted by Gasteiger charge is 2.42. The highest BCUT2D eigenvalue weighted by atomic mass is 19.4. The van der Waals surface area contributed by atoms with Gasteiger partial charge in [-0.25, -0.2) is 9.97 Å². The lowest BCUT2D eigenvalue weighted by molar-refractivity contribution is -0.132. The van der Waals surface area contributed by atoms with E-state index < -0.39 is 30.5 Å². The summed E-state index contributed by atoms with van der Waals surface area (Å²) < 4.78 is 41.5. The van der Waals surface area contributed by atoms with Gasteiger partial charge >= 0.3 is 6.18 Å². The third-order valence-electron chi connectivity index (χ3n) is 6.91. The first-order valence-corrected chi connectivity index (χ1v) is 13.0. The molecule has 5 rings (SSSR count). The van der Waals surface area contributed by atoms with Crippen molar-refractivity contribution in [2.45, 2.75) is 38.3 Å². The van der Waals surface area contributed by atoms with E-state index in [1.54, 1.807) is 42.5 Å². The van der Waals surface area contributed by atoms with Gasteiger partial charge in [-0.3, -0.25) is 19.8 Å². The van der Waals surface area contributed by atoms with Gasteiger partial charge in [0.1, 0.15) is 6.54 Å². The molecule has 3 aromatic carbocycles. The average Bonchev–Trinajstić information content (AvgIpc) is 3.30. The molecule has 0 fully saturated rings. The molecule has 204 valence electrons. The molecule has 0 spiro atoms. The smallest absolute Gasteiger partial charge is 0.300 e. The molecule has 1 aliphatic carbocycles. The van der Waals surface area contributed by atoms with Gasteiger partial charge in [-0.15, -0.1) is 0 Å². The van der Waals surface area contributed by atoms with Gasteiger partial charge in [0.2, 0.25) is 11.9 Å². The quantitative estimate of drug-likeness (QED) is 0.265. The number of aromatic nitrogens is 2. The Hall–Kier alpha value is -4.53. The molecule has 1 N–H and O–H groups in total. The predicted octanol–water partition coefficient (Wildman–Crippen LogP) is 6.78. The van der Waals surface area contributed by atoms with E-state index in [1.165, 1.54) is 0 Å². The fourth-order valence-corrected chi connectivity index (χ4v) is 5.10. The maximum Gasteiger partial charge on any atom is 0.406 e. The Labute approximate surface area is 229 Å². The van der Waals surface area contributed by atoms with E-state index in [4.69, 9.17) is 0 Å². The van der Waals surface area contributed by atoms with Crippen LogP contribution in [0.15, 0.2) is 85.2 Å². The van der Waals surface area contributed by atoms with Crippen LogP contribution in [-0.4, -0.2) is 34.5 Å². The number of fused-ring (bicyclic) bond motifs is 3. The Morgan fingerprint density at radius 3 is 2.27 bits per heavy atom. The molecular weight excluding hydrogens is 517 g/mol. The number of anilines is 2. The van der Waals surface area contributed by atoms with E-state index in [1.807, 2.05) is 30.3 Å². The number of unbranched alkanes of at least 4 members (excludes halogenated alkanes) is 1. The molecule has 1 atom stereocenters. The summed E-state index contributed by atoms with van der Waals surface area (Å²) >= 11 is 0. The van der Waals surface area contributed by atoms with Crippen molar-refractivity contribution < 1.29 is 22.8 Å². The second-order valence-corrected chi connectivity index (χ2v) is 9.63. The summed E-state index contributed by atoms with van der Waals surface area (Å²) in [6.45, 7) is 0.563. The normalized spacial score (nSPS) is 13.8. The van der Waals surface area contributed by atoms with E-state index in [0.717, 1.165) is 53.9 Å². The van der Waals surface area contributed by atoms with Crippen LogP contribution in [0.5, 0.6) is 0 Å². The summed E-state index contributed by atoms with van der Waals surface area (Å²) in [6.07, 6.45) is 0.141. The van der Waals surface area contributed by atoms with Crippen molar-refractivity contribution >= 4 is 23.5 Å². The van der Waals surface area contributed by atoms with E-state index >= 15 is 0 Å². The van der Waals surface area contributed by atoms with Crippen molar-refractivity contribution in [2.24, 2.45) is 0 Å². The molecule has 0 radical (unpaired) electrons. The molecule has 9 heteroatoms. The van der Waals surface area contributed by atoms with Crippen LogP contribution in [0.2, 0.25) is 0 Å². The summed E-state index contributed by atoms with van der Waals surface area (Å²) in [4.78, 5) is 35.3. The van der Waals surface area contributed by atoms with E-state index in [2.05, 4.69) is 22.2 Å². The maximum absolute atomic E-state index is 14.1. The van der Waals surface area contributed by atoms with E-state index in [9.17, 15) is 22.8 Å². The molecule has 1 heterocycles. The number of hydrogen-bond donors (Lipinski definition) is 1. The number of benzene rings is 3. The van der Waals surface area contributed by atoms with E-state index in [-0.39, 0.29) is 11.6 Å². The molecule has 6 nitrogen and oxygen atoms in total. The number of nitrogens with zero attached hydrogens (tertiary/aromatic N) is 3. The first kappa shape index (κ1) is 27.1. The fraction of sp³-hybridized carbons (Fsp3) is 0.226. The van der Waals surface area contributed by atoms with Crippen molar-refractivity contribution in [3.8, 4) is 11.1 Å². The van der Waals surface area contributed by atoms with Crippen LogP contribution < -0.4 is 10.2 Å². The van der Waals surface area contributed by atoms with Crippen molar-refractivity contribution in [1.29, 1.82) is 0 Å². The van der Waals surface area contributed by atoms with E-state index in [0.29, 0.717) is 16.0 Å². The SMILES string of the molecule is CCCCc1cccc2c1C(C(=O)N(CC(F)(F)F)c1cnc(NC(=O)c3ccccc3)nc1)c1ccccc1-2. The number of rotatable bonds is 8. The van der Waals surface area contributed by atoms with Crippen LogP contribution in [0, 0.1) is 0 Å². The number of carbonyl (C=O) groups excluding carboxylic acids is 2. The number of aryl methyl sites for hydroxylation is 1. The first-order chi connectivity index (χ1) is 19.3. The summed E-state index contributed by atoms with van der Waals surface area (Å²) in [5.74, 6) is -2.16. The zero-order valence-electron chi connectivity index (χ0n) is 21.8. The van der Waals surface area contributed by atoms with Crippen molar-refractivity contribution in [2.75, 3.05) is 16.8 Å². The molecule has 0 saturated heterocycles. The van der Waals surface area contributed by atoms with Gasteiger partial charge in [0.15, 0.2) is 0 Å². The zero-order chi connectivity index (χ0) is 28.3. The third kappa shape index (κ3) is 5.59. The van der Waals surface area contributed by atoms with Gasteiger partial charge in [-0.05, 0) is 52.8 Å². The molecule has 1 unspecified atom stereocenters. The second kappa shape index (κ2) is 11.3. The number of nitrogens with one attached hydrogen (secondary N) is 1. The minimum Gasteiger partial charge on any atom is -0.300 e. The molecule has 40 heavy (non-hydrogen) atoms. The monoisotopic (exact) mass is 544 g/mol. The summed E-state index contributed by atoms with van der Waals surface area (Å²) in [6, 6.07) is 21.5. The summed E-state index contributed by atoms with van der Waals surface area (Å²) in [5.41, 5.74) is 4.35. The van der Waals surface area contributed by atoms with Gasteiger partial charge < -0.3 is 0 Å². The highest BCUT2D eigenvalue weighted by Crippen LogP contribution is 2.48. The number of halogens is 3. The molecule has 0 aliphatic heterocycles. The second-order valence-electron chi connectivity index (χ2n) is 9.63. The van der Waals surface area contributed by atoms with Gasteiger partial charge in [-0.1, -0.05) is 74.0 Å². The molecule has 0 saturated carbocycles. The number of hydrogen-bond acceptors (Lipinski definition) is 4. The van der Waals surface area contributed by atoms with Crippen molar-refractivity contribution in [1.82, 2.24) is 9.97 Å². The summed E-state index contributed by atoms with van der Waals surface area (Å²) in [7, 11) is 0. The Balaban J connectivity index is 1.50. The van der Waals surface area contributed by atoms with Gasteiger partial charge in [0.05, 0.1) is 24.0 Å². The fourth-order valence-electron chi connectivity index (χ4n) is 5.10. The lowest BCUT2D eigenvalue weighted by Crippen LogP contribution is -2.42. The topological polar surface area (TPSA) is 75.2 Å². The van der Waals surface area contributed by atoms with Crippen LogP contribution in [0.25, 0.3) is 11.1 Å². The minimum atomic E-state index is -4.67. The molecule has 0 bridgehead atoms. The summed E-state index contributed by atoms with van der Waals surface area (Å²) in [5, 5.41) is 2.52. The van der Waals surface area contributed by atoms with Gasteiger partial charge in [0.25, 0.3) is 5.91 Å². The Morgan fingerprint density at radius 2 is 1.57 bits per heavy atom. The average molecular weight is 545 g/mol. The van der Waals surface area contributed by atoms with Crippen LogP contribution in [-0.2, 0) is 11.2 Å². The standard InChI is InChI=1S/C31H27F3N4O2/c1-2-3-10-20-13-9-16-24-23-14-7-8-15-25(23)27(26(20)24)29(40)38(19-31(32,33)34)22-17-35-30(36-18-22)37-28(39)21-11-5-4-6-12-21/h4-9,11-18,27H,2-3,10,19H2,1H3,(H,35,36,37,39). The van der Waals surface area contributed by atoms with Gasteiger partial charge in [-0.2, -0.15) is 13.2 Å². The number of carbonyl (C=O) groups is 2. The largest absolute Gasteiger partial charge is 0.406 e. The van der Waals surface area contributed by atoms with Crippen molar-refractivity contribution in [3.05, 3.63) is 107 Å². The Kier molecular flexibility index (Phi) is 7.64. The third-order valence-corrected chi connectivity index (χ3v) is 6.91. The molecule has 1 aliphatic rings. The Morgan fingerprint density at radius 1 is 0.900 bits per heavy atom. The van der Waals surface area contributed by atoms with Crippen LogP contribution >= 0.6 is 0 Å². The lowest BCUT2D eigenvalue weighted by atomic mass is 9.89. The maximum atomic E-state index is 14.1. The van der Waals surface area contributed by atoms with Crippen LogP contribution in [0.3, 0.4) is 0 Å². The molecular formula is C31H27F3N4O2. The van der Waals surface area contributed by atoms with Crippen molar-refractivity contribution in [3.63, 3.8) is 0 Å². The lowest BCUT2D eigenvalue weighted by Gasteiger charge is -2.28. The first-order valence-electron chi connectivity index (χ1n) is 13.0. The van der Waals surface area contributed by atoms with Crippen LogP contribution in [0.4, 0.5) is 24.8 Å². The Bertz CT molecular complexity index is 1520. The van der Waals surface area contributed by atoms with Gasteiger partial charge in [0, 0.05) is 5.56 Å².